The number of imidazole rings is 1. The van der Waals surface area contributed by atoms with Crippen molar-refractivity contribution in [3.63, 3.8) is 0 Å². The predicted octanol–water partition coefficient (Wildman–Crippen LogP) is 2.66. The number of nitrogens with one attached hydrogen (secondary N) is 1. The Labute approximate surface area is 120 Å². The second-order valence-electron chi connectivity index (χ2n) is 4.78. The van der Waals surface area contributed by atoms with Crippen LogP contribution in [0.25, 0.3) is 0 Å². The van der Waals surface area contributed by atoms with Crippen LogP contribution in [0.4, 0.5) is 5.95 Å². The molecule has 5 heteroatoms. The maximum absolute atomic E-state index is 5.19. The van der Waals surface area contributed by atoms with E-state index in [0.717, 1.165) is 18.1 Å². The standard InChI is InChI=1S/C15H22N4O/c1-4-13-6-5-7-16-14(13)10-18-15-17-8-9-19(15)12(2)11-20-3/h5-9,12H,4,10-11H2,1-3H3,(H,17,18). The first-order valence-corrected chi connectivity index (χ1v) is 6.94. The third-order valence-corrected chi connectivity index (χ3v) is 3.33. The zero-order valence-electron chi connectivity index (χ0n) is 12.3. The Morgan fingerprint density at radius 1 is 1.35 bits per heavy atom. The number of hydrogen-bond donors (Lipinski definition) is 1. The topological polar surface area (TPSA) is 52.0 Å². The summed E-state index contributed by atoms with van der Waals surface area (Å²) in [7, 11) is 1.71. The first-order chi connectivity index (χ1) is 9.76. The van der Waals surface area contributed by atoms with E-state index in [9.17, 15) is 0 Å². The van der Waals surface area contributed by atoms with Crippen LogP contribution in [0.3, 0.4) is 0 Å². The van der Waals surface area contributed by atoms with E-state index in [0.29, 0.717) is 13.2 Å². The monoisotopic (exact) mass is 274 g/mol. The molecule has 1 N–H and O–H groups in total. The Morgan fingerprint density at radius 3 is 2.95 bits per heavy atom. The summed E-state index contributed by atoms with van der Waals surface area (Å²) in [6.07, 6.45) is 6.58. The summed E-state index contributed by atoms with van der Waals surface area (Å²) in [4.78, 5) is 8.79. The molecule has 2 rings (SSSR count). The maximum Gasteiger partial charge on any atom is 0.203 e. The second-order valence-corrected chi connectivity index (χ2v) is 4.78. The van der Waals surface area contributed by atoms with Gasteiger partial charge in [0.15, 0.2) is 0 Å². The summed E-state index contributed by atoms with van der Waals surface area (Å²) in [5, 5.41) is 3.36. The number of rotatable bonds is 7. The van der Waals surface area contributed by atoms with Gasteiger partial charge in [-0.2, -0.15) is 0 Å². The van der Waals surface area contributed by atoms with Crippen molar-refractivity contribution in [1.29, 1.82) is 0 Å². The number of methoxy groups -OCH3 is 1. The quantitative estimate of drug-likeness (QED) is 0.843. The molecule has 0 aliphatic rings. The average molecular weight is 274 g/mol. The third-order valence-electron chi connectivity index (χ3n) is 3.33. The smallest absolute Gasteiger partial charge is 0.203 e. The molecule has 0 aliphatic carbocycles. The zero-order chi connectivity index (χ0) is 14.4. The van der Waals surface area contributed by atoms with E-state index in [4.69, 9.17) is 4.74 Å². The lowest BCUT2D eigenvalue weighted by atomic mass is 10.1. The van der Waals surface area contributed by atoms with Crippen LogP contribution in [-0.4, -0.2) is 28.3 Å². The Bertz CT molecular complexity index is 538. The van der Waals surface area contributed by atoms with Gasteiger partial charge in [0.2, 0.25) is 5.95 Å². The molecule has 0 amide bonds. The molecule has 1 atom stereocenters. The normalized spacial score (nSPS) is 12.3. The van der Waals surface area contributed by atoms with Gasteiger partial charge in [0, 0.05) is 25.7 Å². The first kappa shape index (κ1) is 14.5. The van der Waals surface area contributed by atoms with Gasteiger partial charge >= 0.3 is 0 Å². The van der Waals surface area contributed by atoms with E-state index in [1.807, 2.05) is 18.5 Å². The number of hydrogen-bond acceptors (Lipinski definition) is 4. The molecule has 0 spiro atoms. The van der Waals surface area contributed by atoms with E-state index < -0.39 is 0 Å². The minimum Gasteiger partial charge on any atom is -0.383 e. The van der Waals surface area contributed by atoms with Gasteiger partial charge in [-0.25, -0.2) is 4.98 Å². The first-order valence-electron chi connectivity index (χ1n) is 6.94. The number of aromatic nitrogens is 3. The largest absolute Gasteiger partial charge is 0.383 e. The highest BCUT2D eigenvalue weighted by molar-refractivity contribution is 5.30. The van der Waals surface area contributed by atoms with Crippen molar-refractivity contribution in [2.75, 3.05) is 19.0 Å². The van der Waals surface area contributed by atoms with Crippen LogP contribution in [0.5, 0.6) is 0 Å². The summed E-state index contributed by atoms with van der Waals surface area (Å²) in [6, 6.07) is 4.34. The molecule has 2 aromatic heterocycles. The molecule has 0 radical (unpaired) electrons. The molecule has 0 saturated heterocycles. The van der Waals surface area contributed by atoms with Crippen LogP contribution in [-0.2, 0) is 17.7 Å². The molecule has 2 aromatic rings. The van der Waals surface area contributed by atoms with Crippen molar-refractivity contribution in [1.82, 2.24) is 14.5 Å². The minimum atomic E-state index is 0.249. The van der Waals surface area contributed by atoms with Gasteiger partial charge in [-0.05, 0) is 25.0 Å². The molecular weight excluding hydrogens is 252 g/mol. The highest BCUT2D eigenvalue weighted by Crippen LogP contribution is 2.15. The Kier molecular flexibility index (Phi) is 5.12. The SMILES string of the molecule is CCc1cccnc1CNc1nccn1C(C)COC. The van der Waals surface area contributed by atoms with Crippen molar-refractivity contribution in [3.05, 3.63) is 42.0 Å². The summed E-state index contributed by atoms with van der Waals surface area (Å²) in [5.74, 6) is 0.849. The van der Waals surface area contributed by atoms with Gasteiger partial charge in [0.25, 0.3) is 0 Å². The lowest BCUT2D eigenvalue weighted by Crippen LogP contribution is -2.15. The van der Waals surface area contributed by atoms with Crippen LogP contribution in [0.2, 0.25) is 0 Å². The van der Waals surface area contributed by atoms with Crippen molar-refractivity contribution in [2.45, 2.75) is 32.9 Å². The van der Waals surface area contributed by atoms with Crippen LogP contribution in [0, 0.1) is 0 Å². The zero-order valence-corrected chi connectivity index (χ0v) is 12.3. The number of nitrogens with zero attached hydrogens (tertiary/aromatic N) is 3. The summed E-state index contributed by atoms with van der Waals surface area (Å²) >= 11 is 0. The predicted molar refractivity (Wildman–Crippen MR) is 79.8 cm³/mol. The van der Waals surface area contributed by atoms with Crippen LogP contribution in [0.1, 0.15) is 31.1 Å². The molecule has 20 heavy (non-hydrogen) atoms. The van der Waals surface area contributed by atoms with E-state index in [1.54, 1.807) is 13.3 Å². The fourth-order valence-electron chi connectivity index (χ4n) is 2.24. The molecule has 0 aromatic carbocycles. The van der Waals surface area contributed by atoms with Gasteiger partial charge in [0.05, 0.1) is 24.9 Å². The molecule has 1 unspecified atom stereocenters. The van der Waals surface area contributed by atoms with Gasteiger partial charge < -0.3 is 14.6 Å². The lowest BCUT2D eigenvalue weighted by Gasteiger charge is -2.16. The lowest BCUT2D eigenvalue weighted by molar-refractivity contribution is 0.163. The fraction of sp³-hybridized carbons (Fsp3) is 0.467. The summed E-state index contributed by atoms with van der Waals surface area (Å²) in [5.41, 5.74) is 2.34. The van der Waals surface area contributed by atoms with Crippen molar-refractivity contribution < 1.29 is 4.74 Å². The molecule has 2 heterocycles. The van der Waals surface area contributed by atoms with Gasteiger partial charge in [0.1, 0.15) is 0 Å². The number of pyridine rings is 1. The highest BCUT2D eigenvalue weighted by Gasteiger charge is 2.10. The van der Waals surface area contributed by atoms with Crippen LogP contribution < -0.4 is 5.32 Å². The fourth-order valence-corrected chi connectivity index (χ4v) is 2.24. The molecule has 0 saturated carbocycles. The molecule has 0 bridgehead atoms. The Balaban J connectivity index is 2.06. The number of ether oxygens (including phenoxy) is 1. The van der Waals surface area contributed by atoms with E-state index in [1.165, 1.54) is 5.56 Å². The van der Waals surface area contributed by atoms with Gasteiger partial charge in [-0.3, -0.25) is 4.98 Å². The summed E-state index contributed by atoms with van der Waals surface area (Å²) < 4.78 is 7.27. The van der Waals surface area contributed by atoms with Crippen molar-refractivity contribution in [2.24, 2.45) is 0 Å². The third kappa shape index (κ3) is 3.36. The highest BCUT2D eigenvalue weighted by atomic mass is 16.5. The summed E-state index contributed by atoms with van der Waals surface area (Å²) in [6.45, 7) is 5.59. The Morgan fingerprint density at radius 2 is 2.20 bits per heavy atom. The Hall–Kier alpha value is -1.88. The maximum atomic E-state index is 5.19. The number of aryl methyl sites for hydroxylation is 1. The van der Waals surface area contributed by atoms with Crippen molar-refractivity contribution in [3.8, 4) is 0 Å². The molecule has 0 aliphatic heterocycles. The van der Waals surface area contributed by atoms with Crippen molar-refractivity contribution >= 4 is 5.95 Å². The molecular formula is C15H22N4O. The van der Waals surface area contributed by atoms with E-state index in [-0.39, 0.29) is 6.04 Å². The van der Waals surface area contributed by atoms with Gasteiger partial charge in [-0.1, -0.05) is 13.0 Å². The minimum absolute atomic E-state index is 0.249. The molecule has 108 valence electrons. The van der Waals surface area contributed by atoms with Crippen LogP contribution in [0.15, 0.2) is 30.7 Å². The van der Waals surface area contributed by atoms with Gasteiger partial charge in [-0.15, -0.1) is 0 Å². The van der Waals surface area contributed by atoms with Crippen LogP contribution >= 0.6 is 0 Å². The van der Waals surface area contributed by atoms with E-state index >= 15 is 0 Å². The van der Waals surface area contributed by atoms with E-state index in [2.05, 4.69) is 39.8 Å². The molecule has 0 fully saturated rings. The molecule has 5 nitrogen and oxygen atoms in total. The average Bonchev–Trinajstić information content (AvgIpc) is 2.94. The number of anilines is 1. The second kappa shape index (κ2) is 7.05.